The number of hydrogen-bond donors (Lipinski definition) is 0. The van der Waals surface area contributed by atoms with Crippen LogP contribution in [0.4, 0.5) is 0 Å². The molecule has 0 aromatic heterocycles. The molecule has 0 heterocycles. The number of sulfone groups is 1. The summed E-state index contributed by atoms with van der Waals surface area (Å²) < 4.78 is 22.3. The van der Waals surface area contributed by atoms with Crippen LogP contribution in [0.15, 0.2) is 0 Å². The second-order valence-electron chi connectivity index (χ2n) is 2.45. The van der Waals surface area contributed by atoms with Crippen LogP contribution in [0.1, 0.15) is 13.3 Å². The number of hydrogen-bond acceptors (Lipinski definition) is 3. The Bertz CT molecular complexity index is 190. The average Bonchev–Trinajstić information content (AvgIpc) is 1.98. The molecule has 0 saturated heterocycles. The highest BCUT2D eigenvalue weighted by atomic mass is 35.5. The first-order valence-corrected chi connectivity index (χ1v) is 7.47. The molecule has 0 amide bonds. The maximum absolute atomic E-state index is 11.1. The van der Waals surface area contributed by atoms with Gasteiger partial charge in [-0.05, 0) is 6.42 Å². The molecule has 0 aliphatic rings. The summed E-state index contributed by atoms with van der Waals surface area (Å²) in [5.41, 5.74) is 0. The number of halogens is 1. The van der Waals surface area contributed by atoms with E-state index in [-0.39, 0.29) is 0 Å². The van der Waals surface area contributed by atoms with E-state index in [1.54, 1.807) is 11.8 Å². The smallest absolute Gasteiger partial charge is 0.151 e. The standard InChI is InChI=1S/C7H15ClO2S2/c1-2-6-12(9,10)7-5-11-4-3-8/h2-7H2,1H3. The summed E-state index contributed by atoms with van der Waals surface area (Å²) in [5.74, 6) is 2.72. The van der Waals surface area contributed by atoms with Crippen molar-refractivity contribution < 1.29 is 8.42 Å². The molecule has 0 N–H and O–H groups in total. The van der Waals surface area contributed by atoms with Crippen molar-refractivity contribution in [3.8, 4) is 0 Å². The first-order chi connectivity index (χ1) is 5.62. The molecular formula is C7H15ClO2S2. The highest BCUT2D eigenvalue weighted by Crippen LogP contribution is 2.03. The zero-order valence-corrected chi connectivity index (χ0v) is 9.64. The molecule has 2 nitrogen and oxygen atoms in total. The lowest BCUT2D eigenvalue weighted by atomic mass is 10.6. The molecule has 0 radical (unpaired) electrons. The van der Waals surface area contributed by atoms with Crippen LogP contribution in [0.25, 0.3) is 0 Å². The molecule has 0 spiro atoms. The zero-order chi connectivity index (χ0) is 9.45. The minimum absolute atomic E-state index is 0.294. The van der Waals surface area contributed by atoms with Crippen LogP contribution < -0.4 is 0 Å². The Morgan fingerprint density at radius 1 is 1.25 bits per heavy atom. The Morgan fingerprint density at radius 2 is 1.92 bits per heavy atom. The van der Waals surface area contributed by atoms with Crippen LogP contribution in [-0.2, 0) is 9.84 Å². The van der Waals surface area contributed by atoms with Crippen molar-refractivity contribution in [2.24, 2.45) is 0 Å². The molecule has 12 heavy (non-hydrogen) atoms. The molecule has 0 unspecified atom stereocenters. The lowest BCUT2D eigenvalue weighted by Crippen LogP contribution is -2.12. The molecule has 0 aliphatic carbocycles. The fourth-order valence-corrected chi connectivity index (χ4v) is 3.71. The van der Waals surface area contributed by atoms with Crippen LogP contribution in [0.5, 0.6) is 0 Å². The molecule has 0 fully saturated rings. The third-order valence-electron chi connectivity index (χ3n) is 1.28. The van der Waals surface area contributed by atoms with Gasteiger partial charge < -0.3 is 0 Å². The second-order valence-corrected chi connectivity index (χ2v) is 6.36. The van der Waals surface area contributed by atoms with E-state index >= 15 is 0 Å². The molecule has 0 rings (SSSR count). The van der Waals surface area contributed by atoms with Crippen molar-refractivity contribution in [1.29, 1.82) is 0 Å². The van der Waals surface area contributed by atoms with E-state index in [1.807, 2.05) is 6.92 Å². The normalized spacial score (nSPS) is 11.8. The Hall–Kier alpha value is 0.590. The van der Waals surface area contributed by atoms with E-state index < -0.39 is 9.84 Å². The summed E-state index contributed by atoms with van der Waals surface area (Å²) >= 11 is 7.04. The van der Waals surface area contributed by atoms with E-state index in [2.05, 4.69) is 0 Å². The first-order valence-electron chi connectivity index (χ1n) is 3.96. The van der Waals surface area contributed by atoms with Crippen LogP contribution in [0.3, 0.4) is 0 Å². The fraction of sp³-hybridized carbons (Fsp3) is 1.00. The van der Waals surface area contributed by atoms with E-state index in [0.29, 0.717) is 29.6 Å². The van der Waals surface area contributed by atoms with Gasteiger partial charge in [-0.15, -0.1) is 11.6 Å². The van der Waals surface area contributed by atoms with Crippen LogP contribution >= 0.6 is 23.4 Å². The zero-order valence-electron chi connectivity index (χ0n) is 7.25. The Labute approximate surface area is 84.0 Å². The van der Waals surface area contributed by atoms with Gasteiger partial charge in [-0.1, -0.05) is 6.92 Å². The van der Waals surface area contributed by atoms with Gasteiger partial charge in [0, 0.05) is 23.1 Å². The fourth-order valence-electron chi connectivity index (χ4n) is 0.756. The van der Waals surface area contributed by atoms with Crippen molar-refractivity contribution in [3.05, 3.63) is 0 Å². The number of rotatable bonds is 7. The largest absolute Gasteiger partial charge is 0.229 e. The predicted molar refractivity (Wildman–Crippen MR) is 57.0 cm³/mol. The molecule has 0 bridgehead atoms. The minimum atomic E-state index is -2.78. The van der Waals surface area contributed by atoms with Gasteiger partial charge in [-0.2, -0.15) is 11.8 Å². The summed E-state index contributed by atoms with van der Waals surface area (Å²) in [6.45, 7) is 1.88. The number of thioether (sulfide) groups is 1. The molecule has 0 atom stereocenters. The topological polar surface area (TPSA) is 34.1 Å². The first kappa shape index (κ1) is 12.6. The molecule has 0 saturated carbocycles. The van der Waals surface area contributed by atoms with E-state index in [4.69, 9.17) is 11.6 Å². The van der Waals surface area contributed by atoms with Gasteiger partial charge in [0.1, 0.15) is 0 Å². The lowest BCUT2D eigenvalue weighted by Gasteiger charge is -2.00. The summed E-state index contributed by atoms with van der Waals surface area (Å²) in [7, 11) is -2.78. The Kier molecular flexibility index (Phi) is 7.38. The van der Waals surface area contributed by atoms with Gasteiger partial charge in [-0.3, -0.25) is 0 Å². The highest BCUT2D eigenvalue weighted by Gasteiger charge is 2.07. The third kappa shape index (κ3) is 7.25. The summed E-state index contributed by atoms with van der Waals surface area (Å²) in [6.07, 6.45) is 0.711. The van der Waals surface area contributed by atoms with Crippen LogP contribution in [0.2, 0.25) is 0 Å². The van der Waals surface area contributed by atoms with Crippen molar-refractivity contribution in [1.82, 2.24) is 0 Å². The molecule has 0 aromatic rings. The van der Waals surface area contributed by atoms with Gasteiger partial charge >= 0.3 is 0 Å². The van der Waals surface area contributed by atoms with E-state index in [1.165, 1.54) is 0 Å². The third-order valence-corrected chi connectivity index (χ3v) is 4.79. The maximum Gasteiger partial charge on any atom is 0.151 e. The predicted octanol–water partition coefficient (Wildman–Crippen LogP) is 1.78. The SMILES string of the molecule is CCCS(=O)(=O)CCSCCCl. The van der Waals surface area contributed by atoms with Gasteiger partial charge in [0.25, 0.3) is 0 Å². The van der Waals surface area contributed by atoms with Crippen LogP contribution in [-0.4, -0.2) is 37.3 Å². The van der Waals surface area contributed by atoms with E-state index in [0.717, 1.165) is 5.75 Å². The maximum atomic E-state index is 11.1. The summed E-state index contributed by atoms with van der Waals surface area (Å²) in [5, 5.41) is 0. The monoisotopic (exact) mass is 230 g/mol. The Morgan fingerprint density at radius 3 is 2.42 bits per heavy atom. The molecule has 5 heteroatoms. The van der Waals surface area contributed by atoms with Gasteiger partial charge in [0.05, 0.1) is 5.75 Å². The average molecular weight is 231 g/mol. The molecule has 74 valence electrons. The molecule has 0 aliphatic heterocycles. The summed E-state index contributed by atoms with van der Waals surface area (Å²) in [4.78, 5) is 0. The van der Waals surface area contributed by atoms with Crippen molar-refractivity contribution in [3.63, 3.8) is 0 Å². The summed E-state index contributed by atoms with van der Waals surface area (Å²) in [6, 6.07) is 0. The van der Waals surface area contributed by atoms with Crippen molar-refractivity contribution >= 4 is 33.2 Å². The van der Waals surface area contributed by atoms with E-state index in [9.17, 15) is 8.42 Å². The van der Waals surface area contributed by atoms with Crippen molar-refractivity contribution in [2.45, 2.75) is 13.3 Å². The Balaban J connectivity index is 3.48. The van der Waals surface area contributed by atoms with Gasteiger partial charge in [0.15, 0.2) is 9.84 Å². The highest BCUT2D eigenvalue weighted by molar-refractivity contribution is 8.00. The number of alkyl halides is 1. The van der Waals surface area contributed by atoms with Gasteiger partial charge in [-0.25, -0.2) is 8.42 Å². The van der Waals surface area contributed by atoms with Gasteiger partial charge in [0.2, 0.25) is 0 Å². The van der Waals surface area contributed by atoms with Crippen LogP contribution in [0, 0.1) is 0 Å². The quantitative estimate of drug-likeness (QED) is 0.494. The lowest BCUT2D eigenvalue weighted by molar-refractivity contribution is 0.596. The van der Waals surface area contributed by atoms with Crippen molar-refractivity contribution in [2.75, 3.05) is 28.9 Å². The molecular weight excluding hydrogens is 216 g/mol. The second kappa shape index (κ2) is 7.04. The minimum Gasteiger partial charge on any atom is -0.229 e. The molecule has 0 aromatic carbocycles.